The van der Waals surface area contributed by atoms with Crippen LogP contribution in [0.25, 0.3) is 10.9 Å². The van der Waals surface area contributed by atoms with Gasteiger partial charge in [0.15, 0.2) is 0 Å². The highest BCUT2D eigenvalue weighted by Crippen LogP contribution is 2.21. The Kier molecular flexibility index (Phi) is 6.50. The minimum atomic E-state index is 0.0508. The molecule has 0 unspecified atom stereocenters. The van der Waals surface area contributed by atoms with Gasteiger partial charge < -0.3 is 9.80 Å². The van der Waals surface area contributed by atoms with Gasteiger partial charge >= 0.3 is 0 Å². The van der Waals surface area contributed by atoms with E-state index >= 15 is 0 Å². The molecule has 0 saturated carbocycles. The van der Waals surface area contributed by atoms with E-state index in [1.807, 2.05) is 19.9 Å². The summed E-state index contributed by atoms with van der Waals surface area (Å²) in [7, 11) is 0. The first-order valence-electron chi connectivity index (χ1n) is 11.3. The molecule has 0 spiro atoms. The molecule has 2 saturated heterocycles. The fraction of sp³-hybridized carbons (Fsp3) is 0.652. The molecule has 0 amide bonds. The van der Waals surface area contributed by atoms with Crippen LogP contribution in [0.5, 0.6) is 0 Å². The predicted octanol–water partition coefficient (Wildman–Crippen LogP) is 2.98. The van der Waals surface area contributed by atoms with Gasteiger partial charge in [-0.2, -0.15) is 0 Å². The number of likely N-dealkylation sites (tertiary alicyclic amines) is 1. The fourth-order valence-corrected chi connectivity index (χ4v) is 4.56. The lowest BCUT2D eigenvalue weighted by atomic mass is 10.2. The summed E-state index contributed by atoms with van der Waals surface area (Å²) in [4.78, 5) is 24.8. The molecule has 2 aliphatic rings. The monoisotopic (exact) mass is 397 g/mol. The molecule has 3 heterocycles. The normalized spacial score (nSPS) is 19.8. The average Bonchev–Trinajstić information content (AvgIpc) is 3.01. The first-order valence-corrected chi connectivity index (χ1v) is 11.3. The van der Waals surface area contributed by atoms with E-state index in [0.717, 1.165) is 31.7 Å². The van der Waals surface area contributed by atoms with Gasteiger partial charge in [-0.1, -0.05) is 12.8 Å². The maximum atomic E-state index is 12.6. The van der Waals surface area contributed by atoms with Gasteiger partial charge in [-0.05, 0) is 58.0 Å². The Morgan fingerprint density at radius 3 is 2.21 bits per heavy atom. The van der Waals surface area contributed by atoms with Crippen LogP contribution in [0.1, 0.15) is 45.6 Å². The quantitative estimate of drug-likeness (QED) is 0.776. The third-order valence-electron chi connectivity index (χ3n) is 6.49. The van der Waals surface area contributed by atoms with E-state index in [0.29, 0.717) is 5.39 Å². The first kappa shape index (κ1) is 20.4. The van der Waals surface area contributed by atoms with Crippen LogP contribution in [0.15, 0.2) is 29.3 Å². The number of benzene rings is 1. The summed E-state index contributed by atoms with van der Waals surface area (Å²) < 4.78 is 1.70. The maximum absolute atomic E-state index is 12.6. The van der Waals surface area contributed by atoms with Crippen molar-refractivity contribution in [1.82, 2.24) is 19.4 Å². The van der Waals surface area contributed by atoms with Crippen molar-refractivity contribution in [1.29, 1.82) is 0 Å². The number of anilines is 1. The number of aromatic nitrogens is 2. The van der Waals surface area contributed by atoms with Gasteiger partial charge in [0.25, 0.3) is 5.56 Å². The zero-order valence-corrected chi connectivity index (χ0v) is 18.0. The highest BCUT2D eigenvalue weighted by molar-refractivity contribution is 5.81. The van der Waals surface area contributed by atoms with Crippen LogP contribution in [-0.2, 0) is 0 Å². The lowest BCUT2D eigenvalue weighted by Gasteiger charge is -2.37. The Labute approximate surface area is 174 Å². The molecule has 1 aromatic heterocycles. The second kappa shape index (κ2) is 9.26. The van der Waals surface area contributed by atoms with E-state index in [2.05, 4.69) is 31.8 Å². The van der Waals surface area contributed by atoms with Crippen LogP contribution in [0.3, 0.4) is 0 Å². The molecule has 0 atom stereocenters. The molecule has 2 aliphatic heterocycles. The number of fused-ring (bicyclic) bond motifs is 1. The number of hydrogen-bond donors (Lipinski definition) is 0. The van der Waals surface area contributed by atoms with Gasteiger partial charge in [0.1, 0.15) is 0 Å². The van der Waals surface area contributed by atoms with Crippen LogP contribution in [0.4, 0.5) is 5.69 Å². The third-order valence-corrected chi connectivity index (χ3v) is 6.49. The van der Waals surface area contributed by atoms with E-state index in [1.54, 1.807) is 10.9 Å². The Balaban J connectivity index is 1.35. The molecule has 2 fully saturated rings. The lowest BCUT2D eigenvalue weighted by molar-refractivity contribution is 0.200. The van der Waals surface area contributed by atoms with Crippen molar-refractivity contribution < 1.29 is 0 Å². The minimum Gasteiger partial charge on any atom is -0.369 e. The van der Waals surface area contributed by atoms with Crippen molar-refractivity contribution in [3.8, 4) is 0 Å². The van der Waals surface area contributed by atoms with Crippen LogP contribution in [0, 0.1) is 0 Å². The van der Waals surface area contributed by atoms with E-state index in [-0.39, 0.29) is 11.6 Å². The molecule has 158 valence electrons. The highest BCUT2D eigenvalue weighted by atomic mass is 16.1. The van der Waals surface area contributed by atoms with Crippen molar-refractivity contribution >= 4 is 16.6 Å². The fourth-order valence-electron chi connectivity index (χ4n) is 4.56. The molecule has 0 aliphatic carbocycles. The topological polar surface area (TPSA) is 44.6 Å². The molecule has 6 nitrogen and oxygen atoms in total. The van der Waals surface area contributed by atoms with Crippen LogP contribution >= 0.6 is 0 Å². The molecule has 0 radical (unpaired) electrons. The van der Waals surface area contributed by atoms with Crippen LogP contribution in [0.2, 0.25) is 0 Å². The second-order valence-electron chi connectivity index (χ2n) is 8.84. The van der Waals surface area contributed by atoms with E-state index in [4.69, 9.17) is 0 Å². The molecular weight excluding hydrogens is 362 g/mol. The number of nitrogens with zero attached hydrogens (tertiary/aromatic N) is 5. The zero-order chi connectivity index (χ0) is 20.2. The van der Waals surface area contributed by atoms with Crippen molar-refractivity contribution in [3.63, 3.8) is 0 Å². The summed E-state index contributed by atoms with van der Waals surface area (Å²) in [5.41, 5.74) is 2.03. The van der Waals surface area contributed by atoms with E-state index in [1.165, 1.54) is 57.5 Å². The molecule has 2 aromatic rings. The highest BCUT2D eigenvalue weighted by Gasteiger charge is 2.19. The standard InChI is InChI=1S/C23H35N5O/c1-19(2)28-18-24-22-17-20(7-8-21(22)23(28)29)27-15-13-26(14-16-27)12-11-25-9-5-3-4-6-10-25/h7-8,17-19H,3-6,9-16H2,1-2H3. The summed E-state index contributed by atoms with van der Waals surface area (Å²) in [6.45, 7) is 13.3. The molecule has 4 rings (SSSR count). The summed E-state index contributed by atoms with van der Waals surface area (Å²) in [6.07, 6.45) is 7.22. The third kappa shape index (κ3) is 4.81. The van der Waals surface area contributed by atoms with Gasteiger partial charge in [0.05, 0.1) is 17.2 Å². The Bertz CT molecular complexity index is 861. The number of hydrogen-bond acceptors (Lipinski definition) is 5. The van der Waals surface area contributed by atoms with Crippen molar-refractivity contribution in [3.05, 3.63) is 34.9 Å². The Morgan fingerprint density at radius 1 is 0.897 bits per heavy atom. The average molecular weight is 398 g/mol. The summed E-state index contributed by atoms with van der Waals surface area (Å²) >= 11 is 0. The molecule has 29 heavy (non-hydrogen) atoms. The van der Waals surface area contributed by atoms with Crippen LogP contribution in [-0.4, -0.2) is 71.7 Å². The summed E-state index contributed by atoms with van der Waals surface area (Å²) in [6, 6.07) is 6.24. The Morgan fingerprint density at radius 2 is 1.55 bits per heavy atom. The van der Waals surface area contributed by atoms with E-state index in [9.17, 15) is 4.79 Å². The smallest absolute Gasteiger partial charge is 0.261 e. The van der Waals surface area contributed by atoms with Crippen LogP contribution < -0.4 is 10.5 Å². The molecule has 6 heteroatoms. The predicted molar refractivity (Wildman–Crippen MR) is 120 cm³/mol. The molecule has 0 bridgehead atoms. The van der Waals surface area contributed by atoms with Gasteiger partial charge in [-0.3, -0.25) is 14.3 Å². The zero-order valence-electron chi connectivity index (χ0n) is 18.0. The van der Waals surface area contributed by atoms with Crippen molar-refractivity contribution in [2.24, 2.45) is 0 Å². The number of rotatable bonds is 5. The lowest BCUT2D eigenvalue weighted by Crippen LogP contribution is -2.48. The summed E-state index contributed by atoms with van der Waals surface area (Å²) in [5.74, 6) is 0. The Hall–Kier alpha value is -1.92. The van der Waals surface area contributed by atoms with Gasteiger partial charge in [-0.15, -0.1) is 0 Å². The first-order chi connectivity index (χ1) is 14.1. The number of piperazine rings is 1. The molecule has 0 N–H and O–H groups in total. The molecular formula is C23H35N5O. The van der Waals surface area contributed by atoms with E-state index < -0.39 is 0 Å². The molecule has 1 aromatic carbocycles. The van der Waals surface area contributed by atoms with Gasteiger partial charge in [0.2, 0.25) is 0 Å². The second-order valence-corrected chi connectivity index (χ2v) is 8.84. The van der Waals surface area contributed by atoms with Crippen molar-refractivity contribution in [2.75, 3.05) is 57.3 Å². The minimum absolute atomic E-state index is 0.0508. The summed E-state index contributed by atoms with van der Waals surface area (Å²) in [5, 5.41) is 0.709. The van der Waals surface area contributed by atoms with Crippen molar-refractivity contribution in [2.45, 2.75) is 45.6 Å². The largest absolute Gasteiger partial charge is 0.369 e. The van der Waals surface area contributed by atoms with Gasteiger partial charge in [0, 0.05) is 51.0 Å². The van der Waals surface area contributed by atoms with Gasteiger partial charge in [-0.25, -0.2) is 4.98 Å². The maximum Gasteiger partial charge on any atom is 0.261 e. The SMILES string of the molecule is CC(C)n1cnc2cc(N3CCN(CCN4CCCCCC4)CC3)ccc2c1=O.